The van der Waals surface area contributed by atoms with Gasteiger partial charge in [0.25, 0.3) is 5.91 Å². The van der Waals surface area contributed by atoms with Gasteiger partial charge in [-0.2, -0.15) is 0 Å². The molecule has 0 radical (unpaired) electrons. The molecular weight excluding hydrogens is 424 g/mol. The molecule has 4 rings (SSSR count). The van der Waals surface area contributed by atoms with Crippen LogP contribution in [0.4, 0.5) is 5.69 Å². The maximum Gasteiger partial charge on any atom is 0.336 e. The van der Waals surface area contributed by atoms with Gasteiger partial charge in [-0.25, -0.2) is 9.79 Å². The third kappa shape index (κ3) is 4.17. The number of carboxylic acids is 1. The Hall–Kier alpha value is -3.29. The van der Waals surface area contributed by atoms with Crippen molar-refractivity contribution in [3.63, 3.8) is 0 Å². The van der Waals surface area contributed by atoms with E-state index in [4.69, 9.17) is 16.0 Å². The molecule has 1 aromatic heterocycles. The van der Waals surface area contributed by atoms with Crippen molar-refractivity contribution in [1.29, 1.82) is 0 Å². The van der Waals surface area contributed by atoms with Crippen molar-refractivity contribution in [3.05, 3.63) is 81.4 Å². The highest BCUT2D eigenvalue weighted by atomic mass is 35.5. The van der Waals surface area contributed by atoms with Gasteiger partial charge >= 0.3 is 5.97 Å². The lowest BCUT2D eigenvalue weighted by atomic mass is 10.1. The average molecular weight is 439 g/mol. The van der Waals surface area contributed by atoms with Gasteiger partial charge in [-0.15, -0.1) is 0 Å². The van der Waals surface area contributed by atoms with Crippen molar-refractivity contribution in [3.8, 4) is 11.3 Å². The van der Waals surface area contributed by atoms with Crippen molar-refractivity contribution in [2.75, 3.05) is 0 Å². The highest BCUT2D eigenvalue weighted by molar-refractivity contribution is 8.18. The fourth-order valence-electron chi connectivity index (χ4n) is 2.92. The number of amidine groups is 1. The zero-order chi connectivity index (χ0) is 21.3. The number of furan rings is 1. The number of hydrogen-bond acceptors (Lipinski definition) is 5. The van der Waals surface area contributed by atoms with Crippen molar-refractivity contribution >= 4 is 52.2 Å². The molecule has 2 heterocycles. The van der Waals surface area contributed by atoms with Crippen LogP contribution in [0.3, 0.4) is 0 Å². The lowest BCUT2D eigenvalue weighted by molar-refractivity contribution is -0.115. The highest BCUT2D eigenvalue weighted by Crippen LogP contribution is 2.32. The largest absolute Gasteiger partial charge is 0.478 e. The van der Waals surface area contributed by atoms with Crippen molar-refractivity contribution in [2.24, 2.45) is 4.99 Å². The first-order valence-corrected chi connectivity index (χ1v) is 10.1. The Kier molecular flexibility index (Phi) is 5.48. The van der Waals surface area contributed by atoms with Crippen molar-refractivity contribution < 1.29 is 19.1 Å². The van der Waals surface area contributed by atoms with Crippen LogP contribution in [0, 0.1) is 6.92 Å². The molecule has 0 bridgehead atoms. The minimum Gasteiger partial charge on any atom is -0.478 e. The zero-order valence-corrected chi connectivity index (χ0v) is 17.3. The normalized spacial score (nSPS) is 16.3. The summed E-state index contributed by atoms with van der Waals surface area (Å²) in [5, 5.41) is 13.2. The second kappa shape index (κ2) is 8.22. The molecule has 8 heteroatoms. The Morgan fingerprint density at radius 2 is 2.00 bits per heavy atom. The zero-order valence-electron chi connectivity index (χ0n) is 15.7. The summed E-state index contributed by atoms with van der Waals surface area (Å²) >= 11 is 7.17. The number of aliphatic imine (C=N–C) groups is 1. The van der Waals surface area contributed by atoms with Crippen LogP contribution in [-0.2, 0) is 4.79 Å². The van der Waals surface area contributed by atoms with Gasteiger partial charge in [-0.05, 0) is 60.6 Å². The number of carbonyl (C=O) groups excluding carboxylic acids is 1. The topological polar surface area (TPSA) is 91.9 Å². The predicted octanol–water partition coefficient (Wildman–Crippen LogP) is 5.50. The molecule has 0 saturated carbocycles. The molecule has 0 atom stereocenters. The van der Waals surface area contributed by atoms with E-state index >= 15 is 0 Å². The van der Waals surface area contributed by atoms with E-state index in [1.54, 1.807) is 54.6 Å². The van der Waals surface area contributed by atoms with Gasteiger partial charge in [-0.3, -0.25) is 4.79 Å². The van der Waals surface area contributed by atoms with Crippen LogP contribution in [0.25, 0.3) is 17.4 Å². The Morgan fingerprint density at radius 3 is 2.77 bits per heavy atom. The third-order valence-corrected chi connectivity index (χ3v) is 5.50. The molecule has 1 aliphatic rings. The van der Waals surface area contributed by atoms with Crippen molar-refractivity contribution in [1.82, 2.24) is 5.32 Å². The summed E-state index contributed by atoms with van der Waals surface area (Å²) in [5.41, 5.74) is 2.23. The maximum absolute atomic E-state index is 12.3. The van der Waals surface area contributed by atoms with Crippen LogP contribution in [0.15, 0.2) is 68.9 Å². The number of amides is 1. The summed E-state index contributed by atoms with van der Waals surface area (Å²) in [6.07, 6.45) is 1.60. The summed E-state index contributed by atoms with van der Waals surface area (Å²) in [6.45, 7) is 1.89. The van der Waals surface area contributed by atoms with E-state index in [2.05, 4.69) is 10.3 Å². The average Bonchev–Trinajstić information content (AvgIpc) is 3.31. The Bertz CT molecular complexity index is 1230. The quantitative estimate of drug-likeness (QED) is 0.525. The van der Waals surface area contributed by atoms with E-state index in [-0.39, 0.29) is 11.5 Å². The molecule has 150 valence electrons. The second-order valence-corrected chi connectivity index (χ2v) is 7.93. The predicted molar refractivity (Wildman–Crippen MR) is 118 cm³/mol. The number of nitrogens with one attached hydrogen (secondary N) is 1. The van der Waals surface area contributed by atoms with E-state index in [1.807, 2.05) is 6.92 Å². The first-order valence-electron chi connectivity index (χ1n) is 8.89. The SMILES string of the molecule is Cc1cc(Cl)ccc1N=C1NC(=O)/C(=C/c2ccc(-c3ccccc3C(=O)O)o2)S1. The number of nitrogens with zero attached hydrogens (tertiary/aromatic N) is 1. The van der Waals surface area contributed by atoms with Crippen LogP contribution < -0.4 is 5.32 Å². The van der Waals surface area contributed by atoms with Gasteiger partial charge in [-0.1, -0.05) is 29.8 Å². The minimum atomic E-state index is -1.04. The fraction of sp³-hybridized carbons (Fsp3) is 0.0455. The Labute approximate surface area is 181 Å². The Balaban J connectivity index is 1.59. The van der Waals surface area contributed by atoms with E-state index in [0.717, 1.165) is 5.56 Å². The van der Waals surface area contributed by atoms with Gasteiger partial charge in [0.1, 0.15) is 11.5 Å². The molecule has 6 nitrogen and oxygen atoms in total. The molecular formula is C22H15ClN2O4S. The van der Waals surface area contributed by atoms with Crippen LogP contribution in [0.2, 0.25) is 5.02 Å². The van der Waals surface area contributed by atoms with Gasteiger partial charge in [0.2, 0.25) is 0 Å². The number of thioether (sulfide) groups is 1. The molecule has 0 unspecified atom stereocenters. The molecule has 30 heavy (non-hydrogen) atoms. The number of aryl methyl sites for hydroxylation is 1. The molecule has 0 spiro atoms. The molecule has 2 aromatic carbocycles. The lowest BCUT2D eigenvalue weighted by Gasteiger charge is -2.02. The number of carboxylic acid groups (broad SMARTS) is 1. The second-order valence-electron chi connectivity index (χ2n) is 6.47. The minimum absolute atomic E-state index is 0.145. The molecule has 1 aliphatic heterocycles. The van der Waals surface area contributed by atoms with E-state index in [9.17, 15) is 14.7 Å². The third-order valence-electron chi connectivity index (χ3n) is 4.35. The number of benzene rings is 2. The fourth-order valence-corrected chi connectivity index (χ4v) is 3.96. The number of halogens is 1. The number of aromatic carboxylic acids is 1. The van der Waals surface area contributed by atoms with Gasteiger partial charge in [0.15, 0.2) is 5.17 Å². The molecule has 2 N–H and O–H groups in total. The summed E-state index contributed by atoms with van der Waals surface area (Å²) < 4.78 is 5.77. The summed E-state index contributed by atoms with van der Waals surface area (Å²) in [4.78, 5) is 28.6. The van der Waals surface area contributed by atoms with Gasteiger partial charge in [0.05, 0.1) is 16.2 Å². The van der Waals surface area contributed by atoms with E-state index in [1.165, 1.54) is 17.8 Å². The molecule has 1 fully saturated rings. The summed E-state index contributed by atoms with van der Waals surface area (Å²) in [7, 11) is 0. The number of carbonyl (C=O) groups is 2. The van der Waals surface area contributed by atoms with Crippen LogP contribution in [0.5, 0.6) is 0 Å². The Morgan fingerprint density at radius 1 is 1.20 bits per heavy atom. The van der Waals surface area contributed by atoms with Crippen molar-refractivity contribution in [2.45, 2.75) is 6.92 Å². The first-order chi connectivity index (χ1) is 14.4. The van der Waals surface area contributed by atoms with Crippen LogP contribution >= 0.6 is 23.4 Å². The van der Waals surface area contributed by atoms with Crippen LogP contribution in [-0.4, -0.2) is 22.2 Å². The standard InChI is InChI=1S/C22H15ClN2O4S/c1-12-10-13(23)6-8-17(12)24-22-25-20(26)19(30-22)11-14-7-9-18(29-14)15-4-2-3-5-16(15)21(27)28/h2-11H,1H3,(H,27,28)(H,24,25,26)/b19-11-. The smallest absolute Gasteiger partial charge is 0.336 e. The lowest BCUT2D eigenvalue weighted by Crippen LogP contribution is -2.19. The van der Waals surface area contributed by atoms with E-state index in [0.29, 0.717) is 37.9 Å². The first kappa shape index (κ1) is 20.0. The summed E-state index contributed by atoms with van der Waals surface area (Å²) in [5.74, 6) is -0.471. The maximum atomic E-state index is 12.3. The molecule has 3 aromatic rings. The molecule has 1 amide bonds. The van der Waals surface area contributed by atoms with Crippen LogP contribution in [0.1, 0.15) is 21.7 Å². The number of hydrogen-bond donors (Lipinski definition) is 2. The monoisotopic (exact) mass is 438 g/mol. The van der Waals surface area contributed by atoms with E-state index < -0.39 is 5.97 Å². The highest BCUT2D eigenvalue weighted by Gasteiger charge is 2.24. The van der Waals surface area contributed by atoms with Gasteiger partial charge in [0, 0.05) is 16.7 Å². The molecule has 1 saturated heterocycles. The van der Waals surface area contributed by atoms with Gasteiger partial charge < -0.3 is 14.8 Å². The molecule has 0 aliphatic carbocycles. The summed E-state index contributed by atoms with van der Waals surface area (Å²) in [6, 6.07) is 15.3. The number of rotatable bonds is 4.